The fraction of sp³-hybridized carbons (Fsp3) is 0.200. The Morgan fingerprint density at radius 2 is 1.64 bits per heavy atom. The van der Waals surface area contributed by atoms with Crippen molar-refractivity contribution in [1.82, 2.24) is 0 Å². The highest BCUT2D eigenvalue weighted by Gasteiger charge is 2.32. The van der Waals surface area contributed by atoms with Gasteiger partial charge < -0.3 is 9.47 Å². The van der Waals surface area contributed by atoms with Crippen molar-refractivity contribution in [3.05, 3.63) is 58.3 Å². The van der Waals surface area contributed by atoms with Gasteiger partial charge in [-0.2, -0.15) is 0 Å². The topological polar surface area (TPSA) is 52.6 Å². The van der Waals surface area contributed by atoms with Crippen molar-refractivity contribution in [2.45, 2.75) is 16.1 Å². The van der Waals surface area contributed by atoms with Gasteiger partial charge in [0.25, 0.3) is 0 Å². The third-order valence-electron chi connectivity index (χ3n) is 3.29. The molecule has 2 aromatic carbocycles. The van der Waals surface area contributed by atoms with E-state index in [0.717, 1.165) is 0 Å². The number of sulfone groups is 1. The van der Waals surface area contributed by atoms with E-state index in [9.17, 15) is 12.8 Å². The number of ether oxygens (including phenoxy) is 2. The van der Waals surface area contributed by atoms with Crippen molar-refractivity contribution in [2.75, 3.05) is 13.2 Å². The first-order chi connectivity index (χ1) is 10.5. The smallest absolute Gasteiger partial charge is 0.208 e. The first-order valence-electron chi connectivity index (χ1n) is 6.53. The van der Waals surface area contributed by atoms with Crippen LogP contribution in [0.1, 0.15) is 11.9 Å². The van der Waals surface area contributed by atoms with Crippen molar-refractivity contribution in [1.29, 1.82) is 0 Å². The van der Waals surface area contributed by atoms with E-state index in [0.29, 0.717) is 17.7 Å². The molecule has 2 aromatic rings. The molecule has 1 aliphatic heterocycles. The predicted molar refractivity (Wildman–Crippen MR) is 80.6 cm³/mol. The summed E-state index contributed by atoms with van der Waals surface area (Å²) in [4.78, 5) is -0.0776. The Labute approximate surface area is 135 Å². The Morgan fingerprint density at radius 3 is 2.32 bits per heavy atom. The lowest BCUT2D eigenvalue weighted by molar-refractivity contribution is -0.0486. The Hall–Kier alpha value is -1.28. The predicted octanol–water partition coefficient (Wildman–Crippen LogP) is 3.47. The summed E-state index contributed by atoms with van der Waals surface area (Å²) in [5, 5.41) is 0. The zero-order chi connectivity index (χ0) is 15.7. The van der Waals surface area contributed by atoms with Crippen molar-refractivity contribution in [2.24, 2.45) is 0 Å². The highest BCUT2D eigenvalue weighted by molar-refractivity contribution is 9.10. The molecule has 7 heteroatoms. The number of halogens is 2. The molecule has 1 heterocycles. The maximum absolute atomic E-state index is 14.2. The summed E-state index contributed by atoms with van der Waals surface area (Å²) in [5.41, 5.74) is -0.0873. The van der Waals surface area contributed by atoms with E-state index >= 15 is 0 Å². The maximum atomic E-state index is 14.2. The number of rotatable bonds is 3. The quantitative estimate of drug-likeness (QED) is 0.810. The normalized spacial score (nSPS) is 16.1. The lowest BCUT2D eigenvalue weighted by Crippen LogP contribution is -2.12. The van der Waals surface area contributed by atoms with Gasteiger partial charge in [-0.25, -0.2) is 12.8 Å². The summed E-state index contributed by atoms with van der Waals surface area (Å²) in [7, 11) is -3.91. The van der Waals surface area contributed by atoms with E-state index in [1.54, 1.807) is 18.2 Å². The standard InChI is InChI=1S/C15H12BrFO4S/c16-10-4-1-2-6-12(10)22(18,19)13-7-3-5-11(17)14(13)15-20-8-9-21-15/h1-7,15H,8-9H2. The number of hydrogen-bond donors (Lipinski definition) is 0. The van der Waals surface area contributed by atoms with E-state index in [1.807, 2.05) is 0 Å². The Balaban J connectivity index is 2.20. The van der Waals surface area contributed by atoms with Crippen molar-refractivity contribution < 1.29 is 22.3 Å². The first kappa shape index (κ1) is 15.6. The van der Waals surface area contributed by atoms with Crippen LogP contribution in [-0.2, 0) is 19.3 Å². The molecular weight excluding hydrogens is 375 g/mol. The summed E-state index contributed by atoms with van der Waals surface area (Å²) < 4.78 is 50.9. The minimum absolute atomic E-state index is 0.0693. The Morgan fingerprint density at radius 1 is 1.00 bits per heavy atom. The summed E-state index contributed by atoms with van der Waals surface area (Å²) in [6.07, 6.45) is -1.01. The fourth-order valence-electron chi connectivity index (χ4n) is 2.29. The van der Waals surface area contributed by atoms with Crippen LogP contribution >= 0.6 is 15.9 Å². The first-order valence-corrected chi connectivity index (χ1v) is 8.80. The van der Waals surface area contributed by atoms with Gasteiger partial charge in [0.05, 0.1) is 28.6 Å². The van der Waals surface area contributed by atoms with Crippen molar-refractivity contribution in [3.8, 4) is 0 Å². The van der Waals surface area contributed by atoms with Gasteiger partial charge in [-0.05, 0) is 40.2 Å². The summed E-state index contributed by atoms with van der Waals surface area (Å²) >= 11 is 3.22. The number of hydrogen-bond acceptors (Lipinski definition) is 4. The van der Waals surface area contributed by atoms with E-state index < -0.39 is 21.9 Å². The average molecular weight is 387 g/mol. The summed E-state index contributed by atoms with van der Waals surface area (Å²) in [6, 6.07) is 10.3. The zero-order valence-corrected chi connectivity index (χ0v) is 13.7. The molecule has 116 valence electrons. The van der Waals surface area contributed by atoms with Gasteiger partial charge in [0.1, 0.15) is 5.82 Å². The van der Waals surface area contributed by atoms with E-state index in [-0.39, 0.29) is 15.4 Å². The average Bonchev–Trinajstić information content (AvgIpc) is 3.01. The lowest BCUT2D eigenvalue weighted by Gasteiger charge is -2.16. The molecule has 0 atom stereocenters. The third kappa shape index (κ3) is 2.69. The molecule has 0 aliphatic carbocycles. The lowest BCUT2D eigenvalue weighted by atomic mass is 10.2. The Bertz CT molecular complexity index is 801. The molecule has 0 spiro atoms. The molecule has 0 unspecified atom stereocenters. The van der Waals surface area contributed by atoms with E-state index in [2.05, 4.69) is 15.9 Å². The van der Waals surface area contributed by atoms with Crippen LogP contribution in [0.25, 0.3) is 0 Å². The largest absolute Gasteiger partial charge is 0.346 e. The minimum atomic E-state index is -3.91. The second-order valence-electron chi connectivity index (χ2n) is 4.66. The Kier molecular flexibility index (Phi) is 4.31. The number of benzene rings is 2. The van der Waals surface area contributed by atoms with Crippen molar-refractivity contribution in [3.63, 3.8) is 0 Å². The van der Waals surface area contributed by atoms with Gasteiger partial charge in [-0.1, -0.05) is 18.2 Å². The molecule has 0 radical (unpaired) electrons. The SMILES string of the molecule is O=S(=O)(c1ccccc1Br)c1cccc(F)c1C1OCCO1. The van der Waals surface area contributed by atoms with Crippen LogP contribution in [-0.4, -0.2) is 21.6 Å². The van der Waals surface area contributed by atoms with Crippen LogP contribution < -0.4 is 0 Å². The van der Waals surface area contributed by atoms with Crippen LogP contribution in [0.4, 0.5) is 4.39 Å². The van der Waals surface area contributed by atoms with E-state index in [1.165, 1.54) is 24.3 Å². The highest BCUT2D eigenvalue weighted by Crippen LogP contribution is 2.36. The van der Waals surface area contributed by atoms with Gasteiger partial charge in [-0.3, -0.25) is 0 Å². The van der Waals surface area contributed by atoms with Gasteiger partial charge in [0.2, 0.25) is 9.84 Å². The second-order valence-corrected chi connectivity index (χ2v) is 7.40. The third-order valence-corrected chi connectivity index (χ3v) is 6.11. The van der Waals surface area contributed by atoms with Crippen LogP contribution in [0.5, 0.6) is 0 Å². The summed E-state index contributed by atoms with van der Waals surface area (Å²) in [6.45, 7) is 0.598. The van der Waals surface area contributed by atoms with Crippen molar-refractivity contribution >= 4 is 25.8 Å². The monoisotopic (exact) mass is 386 g/mol. The molecular formula is C15H12BrFO4S. The minimum Gasteiger partial charge on any atom is -0.346 e. The highest BCUT2D eigenvalue weighted by atomic mass is 79.9. The van der Waals surface area contributed by atoms with Crippen LogP contribution in [0, 0.1) is 5.82 Å². The van der Waals surface area contributed by atoms with Gasteiger partial charge in [-0.15, -0.1) is 0 Å². The second kappa shape index (κ2) is 6.08. The summed E-state index contributed by atoms with van der Waals surface area (Å²) in [5.74, 6) is -0.667. The van der Waals surface area contributed by atoms with Crippen LogP contribution in [0.15, 0.2) is 56.7 Å². The molecule has 1 saturated heterocycles. The van der Waals surface area contributed by atoms with Gasteiger partial charge in [0.15, 0.2) is 6.29 Å². The molecule has 22 heavy (non-hydrogen) atoms. The molecule has 0 amide bonds. The maximum Gasteiger partial charge on any atom is 0.208 e. The van der Waals surface area contributed by atoms with E-state index in [4.69, 9.17) is 9.47 Å². The fourth-order valence-corrected chi connectivity index (χ4v) is 4.77. The molecule has 1 fully saturated rings. The van der Waals surface area contributed by atoms with Crippen LogP contribution in [0.3, 0.4) is 0 Å². The molecule has 3 rings (SSSR count). The molecule has 0 bridgehead atoms. The van der Waals surface area contributed by atoms with Gasteiger partial charge >= 0.3 is 0 Å². The zero-order valence-electron chi connectivity index (χ0n) is 11.3. The molecule has 0 N–H and O–H groups in total. The molecule has 1 aliphatic rings. The van der Waals surface area contributed by atoms with Crippen LogP contribution in [0.2, 0.25) is 0 Å². The van der Waals surface area contributed by atoms with Gasteiger partial charge in [0, 0.05) is 4.47 Å². The molecule has 0 saturated carbocycles. The molecule has 4 nitrogen and oxygen atoms in total. The molecule has 0 aromatic heterocycles.